The van der Waals surface area contributed by atoms with E-state index in [-0.39, 0.29) is 11.7 Å². The Hall–Kier alpha value is -0.660. The van der Waals surface area contributed by atoms with Crippen LogP contribution < -0.4 is 10.6 Å². The maximum absolute atomic E-state index is 12.2. The van der Waals surface area contributed by atoms with Gasteiger partial charge < -0.3 is 10.6 Å². The monoisotopic (exact) mass is 305 g/mol. The molecule has 0 aromatic rings. The first-order chi connectivity index (χ1) is 9.53. The molecule has 0 aliphatic carbocycles. The van der Waals surface area contributed by atoms with Gasteiger partial charge in [0.05, 0.1) is 5.75 Å². The minimum absolute atomic E-state index is 0.122. The highest BCUT2D eigenvalue weighted by molar-refractivity contribution is 7.89. The van der Waals surface area contributed by atoms with Crippen LogP contribution in [0.3, 0.4) is 0 Å². The van der Waals surface area contributed by atoms with Crippen LogP contribution in [0.1, 0.15) is 39.0 Å². The number of carbonyl (C=O) groups is 1. The molecule has 20 heavy (non-hydrogen) atoms. The summed E-state index contributed by atoms with van der Waals surface area (Å²) < 4.78 is 25.8. The summed E-state index contributed by atoms with van der Waals surface area (Å²) in [7, 11) is -1.44. The summed E-state index contributed by atoms with van der Waals surface area (Å²) in [5.41, 5.74) is 0. The van der Waals surface area contributed by atoms with Gasteiger partial charge in [-0.1, -0.05) is 13.3 Å². The fourth-order valence-electron chi connectivity index (χ4n) is 2.47. The maximum Gasteiger partial charge on any atom is 0.238 e. The molecule has 118 valence electrons. The largest absolute Gasteiger partial charge is 0.355 e. The van der Waals surface area contributed by atoms with Crippen molar-refractivity contribution in [3.8, 4) is 0 Å². The number of carbonyl (C=O) groups excluding carboxylic acids is 1. The van der Waals surface area contributed by atoms with Crippen molar-refractivity contribution in [2.24, 2.45) is 0 Å². The molecular formula is C13H27N3O3S. The predicted octanol–water partition coefficient (Wildman–Crippen LogP) is 0.306. The number of sulfonamides is 1. The van der Waals surface area contributed by atoms with Gasteiger partial charge in [-0.15, -0.1) is 0 Å². The number of piperidine rings is 1. The molecule has 1 aliphatic rings. The lowest BCUT2D eigenvalue weighted by molar-refractivity contribution is -0.125. The van der Waals surface area contributed by atoms with Crippen LogP contribution in [-0.2, 0) is 14.8 Å². The van der Waals surface area contributed by atoms with E-state index in [9.17, 15) is 13.2 Å². The van der Waals surface area contributed by atoms with Crippen molar-refractivity contribution >= 4 is 15.9 Å². The molecule has 2 N–H and O–H groups in total. The van der Waals surface area contributed by atoms with Gasteiger partial charge in [0.25, 0.3) is 0 Å². The molecule has 1 fully saturated rings. The third kappa shape index (κ3) is 5.03. The zero-order valence-corrected chi connectivity index (χ0v) is 13.3. The van der Waals surface area contributed by atoms with Gasteiger partial charge in [-0.3, -0.25) is 4.79 Å². The lowest BCUT2D eigenvalue weighted by Gasteiger charge is -2.33. The summed E-state index contributed by atoms with van der Waals surface area (Å²) in [6, 6.07) is -0.519. The predicted molar refractivity (Wildman–Crippen MR) is 80.0 cm³/mol. The average Bonchev–Trinajstić information content (AvgIpc) is 2.43. The number of rotatable bonds is 8. The number of nitrogens with one attached hydrogen (secondary N) is 2. The Morgan fingerprint density at radius 2 is 2.05 bits per heavy atom. The first-order valence-electron chi connectivity index (χ1n) is 7.44. The van der Waals surface area contributed by atoms with Crippen molar-refractivity contribution in [2.75, 3.05) is 32.4 Å². The zero-order valence-electron chi connectivity index (χ0n) is 12.5. The molecule has 1 unspecified atom stereocenters. The Bertz CT molecular complexity index is 398. The van der Waals surface area contributed by atoms with Crippen molar-refractivity contribution in [3.63, 3.8) is 0 Å². The molecule has 1 heterocycles. The highest BCUT2D eigenvalue weighted by atomic mass is 32.2. The Morgan fingerprint density at radius 1 is 1.30 bits per heavy atom. The smallest absolute Gasteiger partial charge is 0.238 e. The van der Waals surface area contributed by atoms with Crippen molar-refractivity contribution in [2.45, 2.75) is 45.1 Å². The van der Waals surface area contributed by atoms with Gasteiger partial charge in [0.15, 0.2) is 0 Å². The van der Waals surface area contributed by atoms with Crippen LogP contribution in [0.4, 0.5) is 0 Å². The van der Waals surface area contributed by atoms with Crippen molar-refractivity contribution < 1.29 is 13.2 Å². The van der Waals surface area contributed by atoms with Crippen LogP contribution in [0.5, 0.6) is 0 Å². The molecule has 1 rings (SSSR count). The molecule has 1 aliphatic heterocycles. The van der Waals surface area contributed by atoms with E-state index >= 15 is 0 Å². The van der Waals surface area contributed by atoms with Gasteiger partial charge >= 0.3 is 0 Å². The van der Waals surface area contributed by atoms with E-state index in [1.165, 1.54) is 4.31 Å². The summed E-state index contributed by atoms with van der Waals surface area (Å²) in [5, 5.41) is 5.86. The molecular weight excluding hydrogens is 278 g/mol. The normalized spacial score (nSPS) is 20.8. The topological polar surface area (TPSA) is 78.5 Å². The van der Waals surface area contributed by atoms with Crippen LogP contribution in [0.15, 0.2) is 0 Å². The number of amides is 1. The molecule has 0 aromatic heterocycles. The lowest BCUT2D eigenvalue weighted by Crippen LogP contribution is -2.52. The average molecular weight is 305 g/mol. The van der Waals surface area contributed by atoms with Crippen molar-refractivity contribution in [3.05, 3.63) is 0 Å². The summed E-state index contributed by atoms with van der Waals surface area (Å²) in [6.45, 7) is 3.73. The van der Waals surface area contributed by atoms with Crippen molar-refractivity contribution in [1.82, 2.24) is 14.9 Å². The second-order valence-electron chi connectivity index (χ2n) is 5.19. The van der Waals surface area contributed by atoms with E-state index < -0.39 is 16.1 Å². The first kappa shape index (κ1) is 17.4. The van der Waals surface area contributed by atoms with Crippen molar-refractivity contribution in [1.29, 1.82) is 0 Å². The summed E-state index contributed by atoms with van der Waals surface area (Å²) in [6.07, 6.45) is 3.80. The summed E-state index contributed by atoms with van der Waals surface area (Å²) >= 11 is 0. The molecule has 0 spiro atoms. The Balaban J connectivity index is 2.62. The summed E-state index contributed by atoms with van der Waals surface area (Å²) in [5.74, 6) is -0.0308. The van der Waals surface area contributed by atoms with Gasteiger partial charge in [0, 0.05) is 13.1 Å². The van der Waals surface area contributed by atoms with Crippen LogP contribution in [-0.4, -0.2) is 57.1 Å². The quantitative estimate of drug-likeness (QED) is 0.633. The van der Waals surface area contributed by atoms with E-state index in [0.29, 0.717) is 25.9 Å². The van der Waals surface area contributed by atoms with E-state index in [1.54, 1.807) is 0 Å². The third-order valence-electron chi connectivity index (χ3n) is 3.48. The van der Waals surface area contributed by atoms with Gasteiger partial charge in [-0.05, 0) is 39.3 Å². The molecule has 6 nitrogen and oxygen atoms in total. The van der Waals surface area contributed by atoms with Crippen LogP contribution in [0, 0.1) is 0 Å². The number of hydrogen-bond acceptors (Lipinski definition) is 4. The minimum Gasteiger partial charge on any atom is -0.355 e. The molecule has 0 saturated carbocycles. The number of hydrogen-bond donors (Lipinski definition) is 2. The third-order valence-corrected chi connectivity index (χ3v) is 5.55. The minimum atomic E-state index is -3.30. The molecule has 0 aromatic carbocycles. The molecule has 0 bridgehead atoms. The molecule has 1 atom stereocenters. The highest BCUT2D eigenvalue weighted by Crippen LogP contribution is 2.21. The van der Waals surface area contributed by atoms with Gasteiger partial charge in [-0.25, -0.2) is 8.42 Å². The second-order valence-corrected chi connectivity index (χ2v) is 7.23. The second kappa shape index (κ2) is 8.59. The maximum atomic E-state index is 12.2. The fourth-order valence-corrected chi connectivity index (χ4v) is 4.22. The zero-order chi connectivity index (χ0) is 15.0. The van der Waals surface area contributed by atoms with E-state index in [4.69, 9.17) is 0 Å². The molecule has 0 radical (unpaired) electrons. The lowest BCUT2D eigenvalue weighted by atomic mass is 10.0. The van der Waals surface area contributed by atoms with Gasteiger partial charge in [0.1, 0.15) is 6.04 Å². The van der Waals surface area contributed by atoms with Crippen LogP contribution in [0.25, 0.3) is 0 Å². The Labute approximate surface area is 122 Å². The van der Waals surface area contributed by atoms with E-state index in [0.717, 1.165) is 25.8 Å². The van der Waals surface area contributed by atoms with Gasteiger partial charge in [0.2, 0.25) is 15.9 Å². The molecule has 1 saturated heterocycles. The summed E-state index contributed by atoms with van der Waals surface area (Å²) in [4.78, 5) is 12.2. The van der Waals surface area contributed by atoms with Crippen LogP contribution in [0.2, 0.25) is 0 Å². The fraction of sp³-hybridized carbons (Fsp3) is 0.923. The van der Waals surface area contributed by atoms with E-state index in [1.807, 2.05) is 14.0 Å². The SMILES string of the molecule is CCCS(=O)(=O)N1CCCCC1C(=O)NCCCNC. The standard InChI is InChI=1S/C13H27N3O3S/c1-3-11-20(18,19)16-10-5-4-7-12(16)13(17)15-9-6-8-14-2/h12,14H,3-11H2,1-2H3,(H,15,17). The first-order valence-corrected chi connectivity index (χ1v) is 9.05. The molecule has 1 amide bonds. The van der Waals surface area contributed by atoms with Gasteiger partial charge in [-0.2, -0.15) is 4.31 Å². The highest BCUT2D eigenvalue weighted by Gasteiger charge is 2.35. The van der Waals surface area contributed by atoms with Crippen LogP contribution >= 0.6 is 0 Å². The molecule has 7 heteroatoms. The Morgan fingerprint density at radius 3 is 2.70 bits per heavy atom. The number of nitrogens with zero attached hydrogens (tertiary/aromatic N) is 1. The van der Waals surface area contributed by atoms with E-state index in [2.05, 4.69) is 10.6 Å². The Kier molecular flexibility index (Phi) is 7.47.